The number of hydrogen-bond donors (Lipinski definition) is 0. The molecule has 3 rings (SSSR count). The predicted molar refractivity (Wildman–Crippen MR) is 125 cm³/mol. The van der Waals surface area contributed by atoms with Crippen LogP contribution < -0.4 is 0 Å². The van der Waals surface area contributed by atoms with Crippen LogP contribution in [0.3, 0.4) is 0 Å². The molecule has 0 bridgehead atoms. The van der Waals surface area contributed by atoms with Gasteiger partial charge in [0.1, 0.15) is 0 Å². The number of benzene rings is 1. The van der Waals surface area contributed by atoms with E-state index in [4.69, 9.17) is 16.6 Å². The van der Waals surface area contributed by atoms with Crippen molar-refractivity contribution < 1.29 is 8.63 Å². The highest BCUT2D eigenvalue weighted by Gasteiger charge is 2.32. The molecule has 2 nitrogen and oxygen atoms in total. The lowest BCUT2D eigenvalue weighted by molar-refractivity contribution is 0.623. The molecular formula is C24H28BClF2N2. The smallest absolute Gasteiger partial charge is 0.329 e. The topological polar surface area (TPSA) is 17.3 Å². The van der Waals surface area contributed by atoms with Gasteiger partial charge in [0, 0.05) is 28.6 Å². The van der Waals surface area contributed by atoms with E-state index in [1.165, 1.54) is 10.1 Å². The van der Waals surface area contributed by atoms with Crippen LogP contribution in [0.25, 0.3) is 5.57 Å². The van der Waals surface area contributed by atoms with Gasteiger partial charge in [-0.1, -0.05) is 38.1 Å². The van der Waals surface area contributed by atoms with Gasteiger partial charge in [0.05, 0.1) is 5.70 Å². The van der Waals surface area contributed by atoms with E-state index in [0.29, 0.717) is 23.7 Å². The number of hydrogen-bond acceptors (Lipinski definition) is 1. The van der Waals surface area contributed by atoms with Crippen molar-refractivity contribution in [3.05, 3.63) is 74.8 Å². The molecule has 0 saturated carbocycles. The van der Waals surface area contributed by atoms with Crippen molar-refractivity contribution in [1.82, 2.24) is 4.48 Å². The molecule has 0 unspecified atom stereocenters. The van der Waals surface area contributed by atoms with Crippen molar-refractivity contribution in [1.29, 1.82) is 0 Å². The zero-order valence-electron chi connectivity index (χ0n) is 18.5. The van der Waals surface area contributed by atoms with E-state index >= 15 is 0 Å². The number of allylic oxidation sites excluding steroid dienone is 2. The zero-order valence-corrected chi connectivity index (χ0v) is 19.3. The van der Waals surface area contributed by atoms with Crippen molar-refractivity contribution in [3.63, 3.8) is 0 Å². The van der Waals surface area contributed by atoms with Crippen LogP contribution in [-0.2, 0) is 12.3 Å². The monoisotopic (exact) mass is 428 g/mol. The second-order valence-corrected chi connectivity index (χ2v) is 8.01. The van der Waals surface area contributed by atoms with Crippen LogP contribution in [0.15, 0.2) is 46.1 Å². The number of alkyl halides is 1. The van der Waals surface area contributed by atoms with Crippen molar-refractivity contribution in [2.24, 2.45) is 4.99 Å². The quantitative estimate of drug-likeness (QED) is 0.344. The number of nitrogens with zero attached hydrogens (tertiary/aromatic N) is 2. The van der Waals surface area contributed by atoms with Gasteiger partial charge in [-0.3, -0.25) is 13.6 Å². The molecule has 0 aliphatic carbocycles. The summed E-state index contributed by atoms with van der Waals surface area (Å²) in [6, 6.07) is 7.83. The molecule has 0 spiro atoms. The Bertz CT molecular complexity index is 1060. The first-order valence-corrected chi connectivity index (χ1v) is 10.9. The summed E-state index contributed by atoms with van der Waals surface area (Å²) < 4.78 is 29.8. The average molecular weight is 429 g/mol. The molecular weight excluding hydrogens is 401 g/mol. The van der Waals surface area contributed by atoms with Gasteiger partial charge >= 0.3 is 7.40 Å². The Morgan fingerprint density at radius 3 is 2.13 bits per heavy atom. The summed E-state index contributed by atoms with van der Waals surface area (Å²) in [4.78, 5) is 4.86. The lowest BCUT2D eigenvalue weighted by Gasteiger charge is -2.17. The van der Waals surface area contributed by atoms with E-state index in [-0.39, 0.29) is 0 Å². The minimum atomic E-state index is -2.63. The first-order chi connectivity index (χ1) is 14.3. The van der Waals surface area contributed by atoms with Gasteiger partial charge in [-0.15, -0.1) is 11.6 Å². The third kappa shape index (κ3) is 3.69. The summed E-state index contributed by atoms with van der Waals surface area (Å²) in [6.07, 6.45) is 1.56. The lowest BCUT2D eigenvalue weighted by atomic mass is 9.92. The molecule has 30 heavy (non-hydrogen) atoms. The minimum Gasteiger partial charge on any atom is -0.329 e. The van der Waals surface area contributed by atoms with E-state index in [9.17, 15) is 8.63 Å². The Morgan fingerprint density at radius 1 is 1.03 bits per heavy atom. The molecule has 2 heterocycles. The molecule has 1 aliphatic rings. The molecule has 0 amide bonds. The van der Waals surface area contributed by atoms with Gasteiger partial charge in [0.15, 0.2) is 0 Å². The van der Waals surface area contributed by atoms with Crippen molar-refractivity contribution in [2.75, 3.05) is 0 Å². The van der Waals surface area contributed by atoms with Crippen molar-refractivity contribution >= 4 is 30.3 Å². The molecule has 1 aromatic carbocycles. The lowest BCUT2D eigenvalue weighted by Crippen LogP contribution is -2.18. The molecule has 1 aromatic heterocycles. The second-order valence-electron chi connectivity index (χ2n) is 7.75. The molecule has 0 atom stereocenters. The molecule has 2 aromatic rings. The first kappa shape index (κ1) is 22.5. The van der Waals surface area contributed by atoms with Crippen LogP contribution >= 0.6 is 11.6 Å². The van der Waals surface area contributed by atoms with E-state index in [2.05, 4.69) is 6.92 Å². The Hall–Kier alpha value is -2.14. The molecule has 1 aliphatic heterocycles. The Balaban J connectivity index is 2.44. The third-order valence-electron chi connectivity index (χ3n) is 6.14. The Morgan fingerprint density at radius 2 is 1.67 bits per heavy atom. The molecule has 0 N–H and O–H groups in total. The number of halogens is 3. The normalized spacial score (nSPS) is 15.7. The fourth-order valence-corrected chi connectivity index (χ4v) is 4.80. The summed E-state index contributed by atoms with van der Waals surface area (Å²) >= 11 is 5.97. The number of aliphatic imine (C=N–C) groups is 1. The van der Waals surface area contributed by atoms with Gasteiger partial charge in [-0.2, -0.15) is 0 Å². The second kappa shape index (κ2) is 8.93. The molecule has 0 saturated heterocycles. The summed E-state index contributed by atoms with van der Waals surface area (Å²) in [5.41, 5.74) is 9.64. The van der Waals surface area contributed by atoms with E-state index in [0.717, 1.165) is 51.2 Å². The van der Waals surface area contributed by atoms with E-state index < -0.39 is 7.40 Å². The van der Waals surface area contributed by atoms with Crippen LogP contribution in [0, 0.1) is 13.8 Å². The fourth-order valence-electron chi connectivity index (χ4n) is 4.62. The van der Waals surface area contributed by atoms with Crippen molar-refractivity contribution in [2.45, 2.75) is 60.3 Å². The van der Waals surface area contributed by atoms with Gasteiger partial charge < -0.3 is 4.48 Å². The minimum absolute atomic E-state index is 0.411. The van der Waals surface area contributed by atoms with Crippen LogP contribution in [0.2, 0.25) is 0 Å². The van der Waals surface area contributed by atoms with E-state index in [1.54, 1.807) is 6.92 Å². The molecule has 0 radical (unpaired) electrons. The van der Waals surface area contributed by atoms with Crippen LogP contribution in [0.4, 0.5) is 8.63 Å². The Kier molecular flexibility index (Phi) is 6.71. The highest BCUT2D eigenvalue weighted by atomic mass is 35.5. The predicted octanol–water partition coefficient (Wildman–Crippen LogP) is 7.14. The van der Waals surface area contributed by atoms with Gasteiger partial charge in [-0.05, 0) is 73.9 Å². The molecule has 0 fully saturated rings. The Labute approximate surface area is 183 Å². The van der Waals surface area contributed by atoms with Crippen molar-refractivity contribution in [3.8, 4) is 0 Å². The molecule has 158 valence electrons. The van der Waals surface area contributed by atoms with Gasteiger partial charge in [0.25, 0.3) is 0 Å². The SMILES string of the molecule is CCC1=C(C)/C(=C(\c2ccc(CCl)cc2)c2c(C)c(CC)c(C)n2B(F)F)N=C1C. The average Bonchev–Trinajstić information content (AvgIpc) is 3.14. The van der Waals surface area contributed by atoms with Crippen LogP contribution in [-0.4, -0.2) is 17.6 Å². The summed E-state index contributed by atoms with van der Waals surface area (Å²) in [6.45, 7) is 11.9. The third-order valence-corrected chi connectivity index (χ3v) is 6.45. The number of rotatable bonds is 6. The maximum Gasteiger partial charge on any atom is 0.677 e. The fraction of sp³-hybridized carbons (Fsp3) is 0.375. The summed E-state index contributed by atoms with van der Waals surface area (Å²) in [5.74, 6) is 0.411. The highest BCUT2D eigenvalue weighted by molar-refractivity contribution is 6.41. The van der Waals surface area contributed by atoms with Gasteiger partial charge in [0.2, 0.25) is 0 Å². The maximum atomic E-state index is 14.3. The maximum absolute atomic E-state index is 14.3. The van der Waals surface area contributed by atoms with E-state index in [1.807, 2.05) is 52.0 Å². The standard InChI is InChI=1S/C24H28BClF2N2/c1-7-20-14(3)23(29-16(20)5)22(19-11-9-18(13-26)10-12-19)24-15(4)21(8-2)17(6)30(24)25(27)28/h9-12H,7-8,13H2,1-6H3/b23-22-. The summed E-state index contributed by atoms with van der Waals surface area (Å²) in [5, 5.41) is 0. The first-order valence-electron chi connectivity index (χ1n) is 10.4. The largest absolute Gasteiger partial charge is 0.677 e. The van der Waals surface area contributed by atoms with Crippen LogP contribution in [0.5, 0.6) is 0 Å². The summed E-state index contributed by atoms with van der Waals surface area (Å²) in [7, 11) is -2.63. The van der Waals surface area contributed by atoms with Crippen LogP contribution in [0.1, 0.15) is 67.8 Å². The van der Waals surface area contributed by atoms with Gasteiger partial charge in [-0.25, -0.2) is 0 Å². The number of aromatic nitrogens is 1. The zero-order chi connectivity index (χ0) is 22.2. The highest BCUT2D eigenvalue weighted by Crippen LogP contribution is 2.40. The molecule has 6 heteroatoms.